The molecule has 2 aromatic rings. The first-order valence-corrected chi connectivity index (χ1v) is 7.64. The van der Waals surface area contributed by atoms with E-state index >= 15 is 0 Å². The van der Waals surface area contributed by atoms with Gasteiger partial charge in [-0.3, -0.25) is 9.59 Å². The van der Waals surface area contributed by atoms with Crippen LogP contribution < -0.4 is 14.8 Å². The molecule has 2 amide bonds. The smallest absolute Gasteiger partial charge is 0.233 e. The van der Waals surface area contributed by atoms with E-state index in [2.05, 4.69) is 10.5 Å². The van der Waals surface area contributed by atoms with E-state index in [9.17, 15) is 9.59 Å². The zero-order valence-corrected chi connectivity index (χ0v) is 14.6. The average molecular weight is 347 g/mol. The number of methoxy groups -OCH3 is 2. The molecular weight excluding hydrogens is 326 g/mol. The lowest BCUT2D eigenvalue weighted by atomic mass is 10.2. The van der Waals surface area contributed by atoms with E-state index in [4.69, 9.17) is 14.0 Å². The molecule has 25 heavy (non-hydrogen) atoms. The van der Waals surface area contributed by atoms with Gasteiger partial charge in [-0.1, -0.05) is 5.16 Å². The zero-order chi connectivity index (χ0) is 18.4. The summed E-state index contributed by atoms with van der Waals surface area (Å²) in [6.45, 7) is 1.80. The highest BCUT2D eigenvalue weighted by atomic mass is 16.5. The Morgan fingerprint density at radius 1 is 1.28 bits per heavy atom. The molecule has 0 aliphatic heterocycles. The number of rotatable bonds is 7. The number of nitrogens with zero attached hydrogens (tertiary/aromatic N) is 2. The van der Waals surface area contributed by atoms with Gasteiger partial charge in [-0.05, 0) is 19.1 Å². The molecule has 134 valence electrons. The van der Waals surface area contributed by atoms with Gasteiger partial charge in [0.25, 0.3) is 0 Å². The first-order valence-electron chi connectivity index (χ1n) is 7.64. The molecule has 8 heteroatoms. The van der Waals surface area contributed by atoms with Crippen LogP contribution in [-0.2, 0) is 9.59 Å². The molecular formula is C17H21N3O5. The predicted molar refractivity (Wildman–Crippen MR) is 90.5 cm³/mol. The molecule has 1 heterocycles. The molecule has 2 rings (SSSR count). The molecule has 0 saturated heterocycles. The third-order valence-electron chi connectivity index (χ3n) is 3.85. The van der Waals surface area contributed by atoms with Crippen molar-refractivity contribution in [1.29, 1.82) is 0 Å². The van der Waals surface area contributed by atoms with Gasteiger partial charge in [0.1, 0.15) is 29.9 Å². The third kappa shape index (κ3) is 4.50. The second-order valence-electron chi connectivity index (χ2n) is 5.40. The van der Waals surface area contributed by atoms with E-state index < -0.39 is 5.91 Å². The number of ether oxygens (including phenoxy) is 2. The van der Waals surface area contributed by atoms with Crippen molar-refractivity contribution in [2.75, 3.05) is 26.6 Å². The van der Waals surface area contributed by atoms with Crippen LogP contribution in [0.25, 0.3) is 0 Å². The van der Waals surface area contributed by atoms with Crippen LogP contribution in [0.3, 0.4) is 0 Å². The fraction of sp³-hybridized carbons (Fsp3) is 0.353. The number of aromatic nitrogens is 1. The Balaban J connectivity index is 2.01. The maximum absolute atomic E-state index is 12.3. The summed E-state index contributed by atoms with van der Waals surface area (Å²) in [5, 5.41) is 6.48. The maximum atomic E-state index is 12.3. The van der Waals surface area contributed by atoms with Crippen molar-refractivity contribution in [1.82, 2.24) is 10.1 Å². The highest BCUT2D eigenvalue weighted by Gasteiger charge is 2.22. The number of amides is 2. The fourth-order valence-electron chi connectivity index (χ4n) is 2.22. The summed E-state index contributed by atoms with van der Waals surface area (Å²) in [6, 6.07) is 6.39. The Morgan fingerprint density at radius 2 is 2.04 bits per heavy atom. The number of carbonyl (C=O) groups is 2. The highest BCUT2D eigenvalue weighted by molar-refractivity contribution is 6.04. The van der Waals surface area contributed by atoms with Crippen LogP contribution in [0.15, 0.2) is 35.1 Å². The molecule has 1 aromatic heterocycles. The van der Waals surface area contributed by atoms with E-state index in [-0.39, 0.29) is 18.4 Å². The maximum Gasteiger partial charge on any atom is 0.233 e. The van der Waals surface area contributed by atoms with Crippen LogP contribution >= 0.6 is 0 Å². The molecule has 0 spiro atoms. The Morgan fingerprint density at radius 3 is 2.64 bits per heavy atom. The molecule has 0 saturated carbocycles. The van der Waals surface area contributed by atoms with Gasteiger partial charge in [-0.25, -0.2) is 0 Å². The summed E-state index contributed by atoms with van der Waals surface area (Å²) < 4.78 is 15.1. The van der Waals surface area contributed by atoms with Crippen molar-refractivity contribution in [3.05, 3.63) is 36.2 Å². The van der Waals surface area contributed by atoms with Crippen LogP contribution in [0, 0.1) is 0 Å². The largest absolute Gasteiger partial charge is 0.497 e. The molecule has 0 unspecified atom stereocenters. The van der Waals surface area contributed by atoms with Crippen molar-refractivity contribution in [2.24, 2.45) is 0 Å². The minimum absolute atomic E-state index is 0.301. The standard InChI is InChI=1S/C17H21N3O5/c1-11(13-7-8-25-19-13)20(2)17(22)10-16(21)18-14-9-12(23-3)5-6-15(14)24-4/h5-9,11H,10H2,1-4H3,(H,18,21)/t11-/m1/s1. The first-order chi connectivity index (χ1) is 12.0. The SMILES string of the molecule is COc1ccc(OC)c(NC(=O)CC(=O)N(C)[C@H](C)c2ccon2)c1. The quantitative estimate of drug-likeness (QED) is 0.772. The Hall–Kier alpha value is -3.03. The molecule has 0 fully saturated rings. The number of hydrogen-bond donors (Lipinski definition) is 1. The van der Waals surface area contributed by atoms with E-state index in [1.807, 2.05) is 0 Å². The molecule has 1 N–H and O–H groups in total. The fourth-order valence-corrected chi connectivity index (χ4v) is 2.22. The monoisotopic (exact) mass is 347 g/mol. The molecule has 0 radical (unpaired) electrons. The van der Waals surface area contributed by atoms with Gasteiger partial charge < -0.3 is 24.2 Å². The molecule has 0 bridgehead atoms. The van der Waals surface area contributed by atoms with Crippen LogP contribution in [0.5, 0.6) is 11.5 Å². The first kappa shape index (κ1) is 18.3. The lowest BCUT2D eigenvalue weighted by molar-refractivity contribution is -0.135. The topological polar surface area (TPSA) is 93.9 Å². The summed E-state index contributed by atoms with van der Waals surface area (Å²) in [4.78, 5) is 26.0. The lowest BCUT2D eigenvalue weighted by Gasteiger charge is -2.23. The lowest BCUT2D eigenvalue weighted by Crippen LogP contribution is -2.32. The van der Waals surface area contributed by atoms with Crippen molar-refractivity contribution in [3.8, 4) is 11.5 Å². The predicted octanol–water partition coefficient (Wildman–Crippen LogP) is 2.24. The second-order valence-corrected chi connectivity index (χ2v) is 5.40. The molecule has 8 nitrogen and oxygen atoms in total. The highest BCUT2D eigenvalue weighted by Crippen LogP contribution is 2.29. The number of anilines is 1. The van der Waals surface area contributed by atoms with Gasteiger partial charge in [0.2, 0.25) is 11.8 Å². The van der Waals surface area contributed by atoms with Crippen molar-refractivity contribution in [3.63, 3.8) is 0 Å². The van der Waals surface area contributed by atoms with Gasteiger partial charge in [0.05, 0.1) is 25.9 Å². The van der Waals surface area contributed by atoms with Crippen LogP contribution in [0.4, 0.5) is 5.69 Å². The van der Waals surface area contributed by atoms with Gasteiger partial charge in [-0.15, -0.1) is 0 Å². The van der Waals surface area contributed by atoms with Crippen LogP contribution in [0.2, 0.25) is 0 Å². The van der Waals surface area contributed by atoms with Gasteiger partial charge in [-0.2, -0.15) is 0 Å². The average Bonchev–Trinajstić information content (AvgIpc) is 3.14. The molecule has 0 aliphatic carbocycles. The van der Waals surface area contributed by atoms with Crippen molar-refractivity contribution in [2.45, 2.75) is 19.4 Å². The summed E-state index contributed by atoms with van der Waals surface area (Å²) in [7, 11) is 4.63. The van der Waals surface area contributed by atoms with E-state index in [1.54, 1.807) is 38.2 Å². The second kappa shape index (κ2) is 8.18. The van der Waals surface area contributed by atoms with E-state index in [0.717, 1.165) is 0 Å². The van der Waals surface area contributed by atoms with E-state index in [1.165, 1.54) is 25.4 Å². The number of carbonyl (C=O) groups excluding carboxylic acids is 2. The summed E-state index contributed by atoms with van der Waals surface area (Å²) in [5.74, 6) is 0.260. The summed E-state index contributed by atoms with van der Waals surface area (Å²) in [5.41, 5.74) is 1.05. The normalized spacial score (nSPS) is 11.5. The van der Waals surface area contributed by atoms with E-state index in [0.29, 0.717) is 22.9 Å². The summed E-state index contributed by atoms with van der Waals surface area (Å²) >= 11 is 0. The van der Waals surface area contributed by atoms with Crippen LogP contribution in [-0.4, -0.2) is 43.1 Å². The number of hydrogen-bond acceptors (Lipinski definition) is 6. The Labute approximate surface area is 145 Å². The Kier molecular flexibility index (Phi) is 5.99. The third-order valence-corrected chi connectivity index (χ3v) is 3.85. The molecule has 1 aromatic carbocycles. The number of nitrogens with one attached hydrogen (secondary N) is 1. The van der Waals surface area contributed by atoms with Crippen LogP contribution in [0.1, 0.15) is 25.1 Å². The van der Waals surface area contributed by atoms with Crippen molar-refractivity contribution < 1.29 is 23.6 Å². The number of benzene rings is 1. The Bertz CT molecular complexity index is 730. The molecule has 1 atom stereocenters. The van der Waals surface area contributed by atoms with Crippen molar-refractivity contribution >= 4 is 17.5 Å². The van der Waals surface area contributed by atoms with Gasteiger partial charge in [0.15, 0.2) is 0 Å². The summed E-state index contributed by atoms with van der Waals surface area (Å²) in [6.07, 6.45) is 1.13. The minimum atomic E-state index is -0.448. The molecule has 0 aliphatic rings. The minimum Gasteiger partial charge on any atom is -0.497 e. The van der Waals surface area contributed by atoms with Gasteiger partial charge >= 0.3 is 0 Å². The zero-order valence-electron chi connectivity index (χ0n) is 14.6. The van der Waals surface area contributed by atoms with Gasteiger partial charge in [0, 0.05) is 19.2 Å².